The van der Waals surface area contributed by atoms with E-state index in [0.29, 0.717) is 34.8 Å². The van der Waals surface area contributed by atoms with Gasteiger partial charge in [0.25, 0.3) is 0 Å². The molecule has 0 aromatic carbocycles. The molecule has 1 unspecified atom stereocenters. The lowest BCUT2D eigenvalue weighted by atomic mass is 9.83. The summed E-state index contributed by atoms with van der Waals surface area (Å²) in [6.45, 7) is 8.03. The Hall–Kier alpha value is -2.83. The molecule has 1 amide bonds. The molecule has 1 saturated carbocycles. The number of rotatable bonds is 8. The zero-order valence-electron chi connectivity index (χ0n) is 18.4. The Labute approximate surface area is 177 Å². The van der Waals surface area contributed by atoms with Crippen LogP contribution in [0.3, 0.4) is 0 Å². The first-order valence-corrected chi connectivity index (χ1v) is 10.5. The minimum Gasteiger partial charge on any atom is -0.467 e. The van der Waals surface area contributed by atoms with Crippen molar-refractivity contribution in [2.24, 2.45) is 5.92 Å². The van der Waals surface area contributed by atoms with Gasteiger partial charge in [-0.25, -0.2) is 4.79 Å². The van der Waals surface area contributed by atoms with Gasteiger partial charge in [-0.3, -0.25) is 9.59 Å². The number of carbonyl (C=O) groups excluding carboxylic acids is 3. The van der Waals surface area contributed by atoms with Crippen molar-refractivity contribution in [2.45, 2.75) is 66.1 Å². The Morgan fingerprint density at radius 3 is 2.50 bits per heavy atom. The number of aromatic nitrogens is 1. The molecular formula is C23H30N2O5. The maximum atomic E-state index is 13.6. The third kappa shape index (κ3) is 3.80. The molecule has 162 valence electrons. The van der Waals surface area contributed by atoms with Gasteiger partial charge in [-0.15, -0.1) is 0 Å². The van der Waals surface area contributed by atoms with Gasteiger partial charge in [-0.2, -0.15) is 0 Å². The lowest BCUT2D eigenvalue weighted by molar-refractivity contribution is -0.140. The largest absolute Gasteiger partial charge is 0.467 e. The fourth-order valence-electron chi connectivity index (χ4n) is 4.23. The van der Waals surface area contributed by atoms with Crippen molar-refractivity contribution < 1.29 is 23.5 Å². The third-order valence-electron chi connectivity index (χ3n) is 6.20. The molecule has 2 heterocycles. The van der Waals surface area contributed by atoms with Crippen molar-refractivity contribution >= 4 is 17.7 Å². The molecule has 1 atom stereocenters. The van der Waals surface area contributed by atoms with Crippen LogP contribution in [0.2, 0.25) is 0 Å². The first-order valence-electron chi connectivity index (χ1n) is 10.5. The van der Waals surface area contributed by atoms with Crippen LogP contribution in [0.5, 0.6) is 0 Å². The number of carbonyl (C=O) groups is 3. The summed E-state index contributed by atoms with van der Waals surface area (Å²) in [5.74, 6) is -0.0685. The van der Waals surface area contributed by atoms with Crippen LogP contribution in [0.15, 0.2) is 22.8 Å². The second kappa shape index (κ2) is 8.90. The highest BCUT2D eigenvalue weighted by molar-refractivity contribution is 6.06. The minimum absolute atomic E-state index is 0.0167. The van der Waals surface area contributed by atoms with Crippen molar-refractivity contribution in [3.63, 3.8) is 0 Å². The van der Waals surface area contributed by atoms with Gasteiger partial charge in [-0.1, -0.05) is 6.42 Å². The first kappa shape index (κ1) is 21.9. The fourth-order valence-corrected chi connectivity index (χ4v) is 4.23. The molecule has 1 aliphatic carbocycles. The molecule has 2 aromatic heterocycles. The van der Waals surface area contributed by atoms with Crippen molar-refractivity contribution in [1.29, 1.82) is 0 Å². The maximum Gasteiger partial charge on any atom is 0.354 e. The van der Waals surface area contributed by atoms with Gasteiger partial charge in [0.15, 0.2) is 5.78 Å². The van der Waals surface area contributed by atoms with E-state index in [9.17, 15) is 14.4 Å². The summed E-state index contributed by atoms with van der Waals surface area (Å²) >= 11 is 0. The highest BCUT2D eigenvalue weighted by Gasteiger charge is 2.37. The van der Waals surface area contributed by atoms with E-state index in [4.69, 9.17) is 9.15 Å². The molecule has 0 spiro atoms. The summed E-state index contributed by atoms with van der Waals surface area (Å²) in [7, 11) is 1.33. The second-order valence-corrected chi connectivity index (χ2v) is 7.88. The van der Waals surface area contributed by atoms with Gasteiger partial charge in [0.05, 0.1) is 26.0 Å². The van der Waals surface area contributed by atoms with E-state index in [1.165, 1.54) is 7.11 Å². The van der Waals surface area contributed by atoms with Crippen LogP contribution >= 0.6 is 0 Å². The first-order chi connectivity index (χ1) is 14.3. The highest BCUT2D eigenvalue weighted by Crippen LogP contribution is 2.31. The van der Waals surface area contributed by atoms with Crippen LogP contribution in [-0.4, -0.2) is 40.3 Å². The normalized spacial score (nSPS) is 14.8. The van der Waals surface area contributed by atoms with Gasteiger partial charge in [0, 0.05) is 23.7 Å². The molecule has 0 bridgehead atoms. The van der Waals surface area contributed by atoms with Crippen LogP contribution < -0.4 is 0 Å². The molecule has 1 fully saturated rings. The van der Waals surface area contributed by atoms with Gasteiger partial charge in [-0.05, 0) is 58.2 Å². The molecule has 0 aliphatic heterocycles. The predicted molar refractivity (Wildman–Crippen MR) is 111 cm³/mol. The smallest absolute Gasteiger partial charge is 0.354 e. The number of nitrogens with zero attached hydrogens (tertiary/aromatic N) is 2. The minimum atomic E-state index is -0.682. The zero-order chi connectivity index (χ0) is 22.0. The molecule has 2 aromatic rings. The molecule has 7 nitrogen and oxygen atoms in total. The number of ketones is 1. The van der Waals surface area contributed by atoms with E-state index >= 15 is 0 Å². The van der Waals surface area contributed by atoms with E-state index in [1.807, 2.05) is 13.8 Å². The van der Waals surface area contributed by atoms with E-state index in [0.717, 1.165) is 19.3 Å². The Balaban J connectivity index is 1.97. The Bertz CT molecular complexity index is 937. The number of Topliss-reactive ketones (excluding diaryl/α,β-unsaturated/α-hetero) is 1. The van der Waals surface area contributed by atoms with Crippen LogP contribution in [0, 0.1) is 19.8 Å². The topological polar surface area (TPSA) is 81.8 Å². The summed E-state index contributed by atoms with van der Waals surface area (Å²) in [4.78, 5) is 40.7. The van der Waals surface area contributed by atoms with E-state index in [2.05, 4.69) is 0 Å². The zero-order valence-corrected chi connectivity index (χ0v) is 18.4. The number of ether oxygens (including phenoxy) is 1. The average molecular weight is 415 g/mol. The summed E-state index contributed by atoms with van der Waals surface area (Å²) in [5.41, 5.74) is 2.17. The summed E-state index contributed by atoms with van der Waals surface area (Å²) < 4.78 is 12.2. The SMILES string of the molecule is CCn1c(C)c(C(=O)C(C)N(Cc2ccco2)C(=O)C2CCC2)c(C)c1C(=O)OC. The van der Waals surface area contributed by atoms with Gasteiger partial charge < -0.3 is 18.6 Å². The number of hydrogen-bond donors (Lipinski definition) is 0. The number of amides is 1. The molecular weight excluding hydrogens is 384 g/mol. The van der Waals surface area contributed by atoms with Crippen LogP contribution in [0.4, 0.5) is 0 Å². The van der Waals surface area contributed by atoms with E-state index in [1.54, 1.807) is 41.7 Å². The maximum absolute atomic E-state index is 13.6. The summed E-state index contributed by atoms with van der Waals surface area (Å²) in [6, 6.07) is 2.89. The fraction of sp³-hybridized carbons (Fsp3) is 0.522. The van der Waals surface area contributed by atoms with Gasteiger partial charge in [0.1, 0.15) is 11.5 Å². The van der Waals surface area contributed by atoms with Crippen molar-refractivity contribution in [1.82, 2.24) is 9.47 Å². The van der Waals surface area contributed by atoms with E-state index in [-0.39, 0.29) is 24.2 Å². The van der Waals surface area contributed by atoms with Crippen LogP contribution in [0.1, 0.15) is 71.0 Å². The number of methoxy groups -OCH3 is 1. The van der Waals surface area contributed by atoms with Gasteiger partial charge >= 0.3 is 5.97 Å². The average Bonchev–Trinajstić information content (AvgIpc) is 3.28. The molecule has 0 saturated heterocycles. The lowest BCUT2D eigenvalue weighted by Gasteiger charge is -2.34. The number of hydrogen-bond acceptors (Lipinski definition) is 5. The second-order valence-electron chi connectivity index (χ2n) is 7.88. The Kier molecular flexibility index (Phi) is 6.48. The lowest BCUT2D eigenvalue weighted by Crippen LogP contribution is -2.47. The van der Waals surface area contributed by atoms with Crippen molar-refractivity contribution in [3.05, 3.63) is 46.7 Å². The van der Waals surface area contributed by atoms with Crippen LogP contribution in [0.25, 0.3) is 0 Å². The highest BCUT2D eigenvalue weighted by atomic mass is 16.5. The van der Waals surface area contributed by atoms with Crippen LogP contribution in [-0.2, 0) is 22.6 Å². The summed E-state index contributed by atoms with van der Waals surface area (Å²) in [5, 5.41) is 0. The third-order valence-corrected chi connectivity index (χ3v) is 6.20. The van der Waals surface area contributed by atoms with Gasteiger partial charge in [0.2, 0.25) is 5.91 Å². The predicted octanol–water partition coefficient (Wildman–Crippen LogP) is 3.90. The standard InChI is InChI=1S/C23H30N2O5/c1-6-24-15(3)19(14(2)20(24)23(28)29-5)21(26)16(4)25(13-18-11-8-12-30-18)22(27)17-9-7-10-17/h8,11-12,16-17H,6-7,9-10,13H2,1-5H3. The summed E-state index contributed by atoms with van der Waals surface area (Å²) in [6.07, 6.45) is 4.30. The molecule has 0 radical (unpaired) electrons. The Morgan fingerprint density at radius 2 is 2.00 bits per heavy atom. The molecule has 1 aliphatic rings. The number of esters is 1. The number of furan rings is 1. The van der Waals surface area contributed by atoms with Crippen molar-refractivity contribution in [3.8, 4) is 0 Å². The molecule has 7 heteroatoms. The molecule has 30 heavy (non-hydrogen) atoms. The quantitative estimate of drug-likeness (QED) is 0.483. The van der Waals surface area contributed by atoms with Crippen molar-refractivity contribution in [2.75, 3.05) is 7.11 Å². The molecule has 0 N–H and O–H groups in total. The Morgan fingerprint density at radius 1 is 1.30 bits per heavy atom. The monoisotopic (exact) mass is 414 g/mol. The van der Waals surface area contributed by atoms with E-state index < -0.39 is 12.0 Å². The molecule has 3 rings (SSSR count).